The van der Waals surface area contributed by atoms with Gasteiger partial charge in [-0.15, -0.1) is 0 Å². The summed E-state index contributed by atoms with van der Waals surface area (Å²) >= 11 is 1.31. The molecular weight excluding hydrogens is 224 g/mol. The van der Waals surface area contributed by atoms with Gasteiger partial charge in [-0.25, -0.2) is 9.97 Å². The van der Waals surface area contributed by atoms with Crippen LogP contribution in [0.25, 0.3) is 0 Å². The van der Waals surface area contributed by atoms with Gasteiger partial charge in [0.1, 0.15) is 5.82 Å². The summed E-state index contributed by atoms with van der Waals surface area (Å²) in [7, 11) is 0. The highest BCUT2D eigenvalue weighted by atomic mass is 32.2. The summed E-state index contributed by atoms with van der Waals surface area (Å²) in [5, 5.41) is 3.07. The molecule has 0 aliphatic rings. The molecule has 1 amide bonds. The Balaban J connectivity index is 2.69. The summed E-state index contributed by atoms with van der Waals surface area (Å²) in [6, 6.07) is 1.70. The minimum atomic E-state index is -0.221. The van der Waals surface area contributed by atoms with Crippen molar-refractivity contribution in [2.24, 2.45) is 0 Å². The monoisotopic (exact) mass is 240 g/mol. The van der Waals surface area contributed by atoms with Crippen LogP contribution in [-0.4, -0.2) is 27.7 Å². The number of aromatic nitrogens is 2. The Morgan fingerprint density at radius 3 is 2.88 bits per heavy atom. The maximum Gasteiger partial charge on any atom is 0.233 e. The van der Waals surface area contributed by atoms with Crippen LogP contribution in [0.15, 0.2) is 11.2 Å². The molecule has 1 aromatic heterocycles. The summed E-state index contributed by atoms with van der Waals surface area (Å²) in [5.74, 6) is 0.411. The molecule has 3 N–H and O–H groups in total. The Morgan fingerprint density at radius 2 is 2.31 bits per heavy atom. The number of nitrogens with zero attached hydrogens (tertiary/aromatic N) is 2. The number of nitrogens with one attached hydrogen (secondary N) is 1. The number of carbonyl (C=O) groups is 1. The predicted molar refractivity (Wildman–Crippen MR) is 65.2 cm³/mol. The zero-order valence-electron chi connectivity index (χ0n) is 9.65. The van der Waals surface area contributed by atoms with E-state index in [0.717, 1.165) is 5.69 Å². The van der Waals surface area contributed by atoms with E-state index >= 15 is 0 Å². The molecule has 0 spiro atoms. The topological polar surface area (TPSA) is 80.9 Å². The highest BCUT2D eigenvalue weighted by Crippen LogP contribution is 2.20. The van der Waals surface area contributed by atoms with E-state index < -0.39 is 0 Å². The summed E-state index contributed by atoms with van der Waals surface area (Å²) in [6.45, 7) is 6.17. The van der Waals surface area contributed by atoms with E-state index in [9.17, 15) is 4.79 Å². The summed E-state index contributed by atoms with van der Waals surface area (Å²) < 4.78 is 0. The van der Waals surface area contributed by atoms with Gasteiger partial charge in [0.25, 0.3) is 0 Å². The second-order valence-electron chi connectivity index (χ2n) is 3.37. The van der Waals surface area contributed by atoms with E-state index in [1.165, 1.54) is 11.8 Å². The van der Waals surface area contributed by atoms with Gasteiger partial charge in [0.15, 0.2) is 5.16 Å². The Bertz CT molecular complexity index is 363. The zero-order valence-corrected chi connectivity index (χ0v) is 10.5. The number of aryl methyl sites for hydroxylation is 1. The fraction of sp³-hybridized carbons (Fsp3) is 0.500. The van der Waals surface area contributed by atoms with E-state index in [1.807, 2.05) is 20.8 Å². The van der Waals surface area contributed by atoms with Crippen LogP contribution in [0.2, 0.25) is 0 Å². The lowest BCUT2D eigenvalue weighted by molar-refractivity contribution is -0.120. The van der Waals surface area contributed by atoms with Crippen molar-refractivity contribution in [3.8, 4) is 0 Å². The molecule has 88 valence electrons. The third-order valence-electron chi connectivity index (χ3n) is 1.86. The maximum absolute atomic E-state index is 11.5. The Labute approximate surface area is 99.2 Å². The predicted octanol–water partition coefficient (Wildman–Crippen LogP) is 0.984. The van der Waals surface area contributed by atoms with Crippen molar-refractivity contribution in [2.75, 3.05) is 12.3 Å². The minimum Gasteiger partial charge on any atom is -0.384 e. The zero-order chi connectivity index (χ0) is 12.1. The lowest BCUT2D eigenvalue weighted by atomic mass is 10.4. The Morgan fingerprint density at radius 1 is 1.62 bits per heavy atom. The molecule has 1 atom stereocenters. The minimum absolute atomic E-state index is 0.0174. The quantitative estimate of drug-likeness (QED) is 0.606. The number of thioether (sulfide) groups is 1. The van der Waals surface area contributed by atoms with Crippen LogP contribution in [0.5, 0.6) is 0 Å². The molecule has 1 rings (SSSR count). The molecule has 16 heavy (non-hydrogen) atoms. The normalized spacial score (nSPS) is 12.2. The first-order valence-electron chi connectivity index (χ1n) is 5.08. The first kappa shape index (κ1) is 12.8. The van der Waals surface area contributed by atoms with E-state index in [4.69, 9.17) is 5.73 Å². The number of hydrogen-bond donors (Lipinski definition) is 2. The van der Waals surface area contributed by atoms with Crippen LogP contribution in [-0.2, 0) is 4.79 Å². The van der Waals surface area contributed by atoms with Gasteiger partial charge < -0.3 is 11.1 Å². The largest absolute Gasteiger partial charge is 0.384 e. The molecule has 1 heterocycles. The van der Waals surface area contributed by atoms with Crippen LogP contribution < -0.4 is 11.1 Å². The Kier molecular flexibility index (Phi) is 4.54. The van der Waals surface area contributed by atoms with Crippen LogP contribution in [0, 0.1) is 6.92 Å². The number of rotatable bonds is 4. The standard InChI is InChI=1S/C10H16N4OS/c1-4-12-9(15)7(3)16-10-13-6(2)5-8(11)14-10/h5,7H,4H2,1-3H3,(H,12,15)(H2,11,13,14). The second-order valence-corrected chi connectivity index (χ2v) is 4.68. The number of nitrogens with two attached hydrogens (primary N) is 1. The molecule has 6 heteroatoms. The van der Waals surface area contributed by atoms with Crippen molar-refractivity contribution < 1.29 is 4.79 Å². The molecule has 1 unspecified atom stereocenters. The van der Waals surface area contributed by atoms with E-state index in [1.54, 1.807) is 6.07 Å². The molecule has 0 bridgehead atoms. The molecule has 5 nitrogen and oxygen atoms in total. The molecule has 0 saturated heterocycles. The first-order valence-corrected chi connectivity index (χ1v) is 5.96. The number of carbonyl (C=O) groups excluding carboxylic acids is 1. The fourth-order valence-corrected chi connectivity index (χ4v) is 2.01. The smallest absolute Gasteiger partial charge is 0.233 e. The lowest BCUT2D eigenvalue weighted by Crippen LogP contribution is -2.30. The number of amides is 1. The Hall–Kier alpha value is -1.30. The second kappa shape index (κ2) is 5.69. The van der Waals surface area contributed by atoms with Gasteiger partial charge in [-0.05, 0) is 20.8 Å². The van der Waals surface area contributed by atoms with Gasteiger partial charge in [0.2, 0.25) is 5.91 Å². The van der Waals surface area contributed by atoms with E-state index in [0.29, 0.717) is 17.5 Å². The molecule has 0 fully saturated rings. The van der Waals surface area contributed by atoms with Gasteiger partial charge in [0, 0.05) is 18.3 Å². The highest BCUT2D eigenvalue weighted by molar-refractivity contribution is 8.00. The molecule has 0 aromatic carbocycles. The summed E-state index contributed by atoms with van der Waals surface area (Å²) in [6.07, 6.45) is 0. The van der Waals surface area contributed by atoms with Crippen LogP contribution >= 0.6 is 11.8 Å². The van der Waals surface area contributed by atoms with Crippen LogP contribution in [0.4, 0.5) is 5.82 Å². The van der Waals surface area contributed by atoms with Crippen molar-refractivity contribution in [2.45, 2.75) is 31.2 Å². The van der Waals surface area contributed by atoms with Gasteiger partial charge in [-0.3, -0.25) is 4.79 Å². The molecule has 0 radical (unpaired) electrons. The lowest BCUT2D eigenvalue weighted by Gasteiger charge is -2.10. The first-order chi connectivity index (χ1) is 7.52. The maximum atomic E-state index is 11.5. The number of nitrogen functional groups attached to an aromatic ring is 1. The molecule has 0 saturated carbocycles. The third-order valence-corrected chi connectivity index (χ3v) is 2.82. The van der Waals surface area contributed by atoms with E-state index in [-0.39, 0.29) is 11.2 Å². The number of anilines is 1. The van der Waals surface area contributed by atoms with Gasteiger partial charge in [-0.1, -0.05) is 11.8 Å². The van der Waals surface area contributed by atoms with E-state index in [2.05, 4.69) is 15.3 Å². The van der Waals surface area contributed by atoms with Crippen LogP contribution in [0.3, 0.4) is 0 Å². The molecule has 0 aliphatic carbocycles. The van der Waals surface area contributed by atoms with Crippen molar-refractivity contribution in [3.63, 3.8) is 0 Å². The fourth-order valence-electron chi connectivity index (χ4n) is 1.15. The summed E-state index contributed by atoms with van der Waals surface area (Å²) in [4.78, 5) is 19.8. The molecule has 1 aromatic rings. The average Bonchev–Trinajstić information content (AvgIpc) is 2.16. The van der Waals surface area contributed by atoms with Crippen molar-refractivity contribution in [1.82, 2.24) is 15.3 Å². The molecule has 0 aliphatic heterocycles. The average molecular weight is 240 g/mol. The van der Waals surface area contributed by atoms with Gasteiger partial charge >= 0.3 is 0 Å². The highest BCUT2D eigenvalue weighted by Gasteiger charge is 2.15. The van der Waals surface area contributed by atoms with Crippen molar-refractivity contribution in [3.05, 3.63) is 11.8 Å². The van der Waals surface area contributed by atoms with Crippen molar-refractivity contribution >= 4 is 23.5 Å². The SMILES string of the molecule is CCNC(=O)C(C)Sc1nc(C)cc(N)n1. The summed E-state index contributed by atoms with van der Waals surface area (Å²) in [5.41, 5.74) is 6.41. The molecular formula is C10H16N4OS. The van der Waals surface area contributed by atoms with Crippen LogP contribution in [0.1, 0.15) is 19.5 Å². The van der Waals surface area contributed by atoms with Gasteiger partial charge in [0.05, 0.1) is 5.25 Å². The van der Waals surface area contributed by atoms with Gasteiger partial charge in [-0.2, -0.15) is 0 Å². The number of hydrogen-bond acceptors (Lipinski definition) is 5. The third kappa shape index (κ3) is 3.69. The van der Waals surface area contributed by atoms with Crippen molar-refractivity contribution in [1.29, 1.82) is 0 Å².